The van der Waals surface area contributed by atoms with Gasteiger partial charge in [-0.1, -0.05) is 59.7 Å². The summed E-state index contributed by atoms with van der Waals surface area (Å²) < 4.78 is 0. The largest absolute Gasteiger partial charge is 0.354 e. The molecule has 0 aromatic heterocycles. The van der Waals surface area contributed by atoms with Gasteiger partial charge in [-0.25, -0.2) is 0 Å². The van der Waals surface area contributed by atoms with Crippen LogP contribution in [-0.4, -0.2) is 30.7 Å². The molecule has 0 saturated carbocycles. The van der Waals surface area contributed by atoms with Crippen molar-refractivity contribution < 1.29 is 14.4 Å². The van der Waals surface area contributed by atoms with Crippen LogP contribution in [0.15, 0.2) is 48.5 Å². The first-order valence-electron chi connectivity index (χ1n) is 9.63. The highest BCUT2D eigenvalue weighted by Gasteiger charge is 2.09. The third kappa shape index (κ3) is 7.74. The van der Waals surface area contributed by atoms with Gasteiger partial charge in [-0.15, -0.1) is 0 Å². The highest BCUT2D eigenvalue weighted by molar-refractivity contribution is 5.97. The molecule has 0 fully saturated rings. The second kappa shape index (κ2) is 11.0. The Hall–Kier alpha value is -2.95. The molecule has 148 valence electrons. The fourth-order valence-corrected chi connectivity index (χ4v) is 2.70. The zero-order chi connectivity index (χ0) is 20.4. The predicted molar refractivity (Wildman–Crippen MR) is 110 cm³/mol. The monoisotopic (exact) mass is 380 g/mol. The Labute approximate surface area is 166 Å². The molecule has 28 heavy (non-hydrogen) atoms. The topological polar surface area (TPSA) is 75.3 Å². The van der Waals surface area contributed by atoms with Crippen LogP contribution < -0.4 is 10.6 Å². The van der Waals surface area contributed by atoms with Crippen molar-refractivity contribution in [2.45, 2.75) is 39.5 Å². The van der Waals surface area contributed by atoms with Crippen LogP contribution in [0.4, 0.5) is 0 Å². The molecule has 0 spiro atoms. The SMILES string of the molecule is Cc1ccc(CCC(=O)NCCNC(=O)CCC(=O)c2ccc(C)cc2)cc1. The summed E-state index contributed by atoms with van der Waals surface area (Å²) in [6.07, 6.45) is 1.44. The maximum Gasteiger partial charge on any atom is 0.220 e. The molecule has 2 amide bonds. The van der Waals surface area contributed by atoms with Crippen LogP contribution in [0.25, 0.3) is 0 Å². The Morgan fingerprint density at radius 1 is 0.679 bits per heavy atom. The Kier molecular flexibility index (Phi) is 8.40. The van der Waals surface area contributed by atoms with E-state index in [9.17, 15) is 14.4 Å². The molecule has 5 nitrogen and oxygen atoms in total. The van der Waals surface area contributed by atoms with Gasteiger partial charge < -0.3 is 10.6 Å². The highest BCUT2D eigenvalue weighted by Crippen LogP contribution is 2.08. The minimum Gasteiger partial charge on any atom is -0.354 e. The lowest BCUT2D eigenvalue weighted by Gasteiger charge is -2.07. The normalized spacial score (nSPS) is 10.4. The third-order valence-corrected chi connectivity index (χ3v) is 4.48. The quantitative estimate of drug-likeness (QED) is 0.491. The van der Waals surface area contributed by atoms with Crippen LogP contribution in [0.3, 0.4) is 0 Å². The molecule has 0 saturated heterocycles. The van der Waals surface area contributed by atoms with Crippen LogP contribution >= 0.6 is 0 Å². The molecule has 0 aliphatic heterocycles. The van der Waals surface area contributed by atoms with Crippen molar-refractivity contribution in [1.82, 2.24) is 10.6 Å². The molecule has 2 aromatic rings. The van der Waals surface area contributed by atoms with Gasteiger partial charge in [-0.05, 0) is 25.8 Å². The number of nitrogens with one attached hydrogen (secondary N) is 2. The van der Waals surface area contributed by atoms with E-state index in [0.29, 0.717) is 31.5 Å². The van der Waals surface area contributed by atoms with Gasteiger partial charge in [-0.3, -0.25) is 14.4 Å². The smallest absolute Gasteiger partial charge is 0.220 e. The lowest BCUT2D eigenvalue weighted by Crippen LogP contribution is -2.34. The van der Waals surface area contributed by atoms with E-state index < -0.39 is 0 Å². The summed E-state index contributed by atoms with van der Waals surface area (Å²) in [6, 6.07) is 15.5. The van der Waals surface area contributed by atoms with Crippen LogP contribution in [0.5, 0.6) is 0 Å². The first kappa shape index (κ1) is 21.4. The van der Waals surface area contributed by atoms with Gasteiger partial charge in [0.1, 0.15) is 0 Å². The first-order valence-corrected chi connectivity index (χ1v) is 9.63. The van der Waals surface area contributed by atoms with Gasteiger partial charge >= 0.3 is 0 Å². The number of aryl methyl sites for hydroxylation is 3. The van der Waals surface area contributed by atoms with Crippen LogP contribution in [0, 0.1) is 13.8 Å². The molecule has 0 aliphatic carbocycles. The van der Waals surface area contributed by atoms with E-state index in [-0.39, 0.29) is 30.4 Å². The van der Waals surface area contributed by atoms with Gasteiger partial charge in [0.15, 0.2) is 5.78 Å². The molecule has 0 bridgehead atoms. The molecular formula is C23H28N2O3. The highest BCUT2D eigenvalue weighted by atomic mass is 16.2. The average molecular weight is 380 g/mol. The molecule has 2 N–H and O–H groups in total. The number of hydrogen-bond acceptors (Lipinski definition) is 3. The maximum atomic E-state index is 12.1. The number of benzene rings is 2. The predicted octanol–water partition coefficient (Wildman–Crippen LogP) is 3.13. The summed E-state index contributed by atoms with van der Waals surface area (Å²) in [5, 5.41) is 5.52. The van der Waals surface area contributed by atoms with E-state index in [1.807, 2.05) is 50.2 Å². The molecule has 2 aromatic carbocycles. The Morgan fingerprint density at radius 2 is 1.18 bits per heavy atom. The summed E-state index contributed by atoms with van der Waals surface area (Å²) >= 11 is 0. The second-order valence-corrected chi connectivity index (χ2v) is 6.97. The second-order valence-electron chi connectivity index (χ2n) is 6.97. The van der Waals surface area contributed by atoms with Crippen molar-refractivity contribution in [2.24, 2.45) is 0 Å². The summed E-state index contributed by atoms with van der Waals surface area (Å²) in [5.74, 6) is -0.265. The number of carbonyl (C=O) groups excluding carboxylic acids is 3. The van der Waals surface area contributed by atoms with E-state index in [1.165, 1.54) is 5.56 Å². The Bertz CT molecular complexity index is 796. The molecule has 5 heteroatoms. The number of hydrogen-bond donors (Lipinski definition) is 2. The zero-order valence-electron chi connectivity index (χ0n) is 16.6. The maximum absolute atomic E-state index is 12.1. The Morgan fingerprint density at radius 3 is 1.75 bits per heavy atom. The van der Waals surface area contributed by atoms with Gasteiger partial charge in [0.05, 0.1) is 0 Å². The summed E-state index contributed by atoms with van der Waals surface area (Å²) in [4.78, 5) is 35.7. The summed E-state index contributed by atoms with van der Waals surface area (Å²) in [5.41, 5.74) is 4.05. The third-order valence-electron chi connectivity index (χ3n) is 4.48. The van der Waals surface area contributed by atoms with Crippen molar-refractivity contribution in [2.75, 3.05) is 13.1 Å². The molecule has 2 rings (SSSR count). The van der Waals surface area contributed by atoms with E-state index in [4.69, 9.17) is 0 Å². The van der Waals surface area contributed by atoms with Crippen molar-refractivity contribution in [1.29, 1.82) is 0 Å². The molecule has 0 radical (unpaired) electrons. The van der Waals surface area contributed by atoms with E-state index >= 15 is 0 Å². The standard InChI is InChI=1S/C23H28N2O3/c1-17-3-7-19(8-4-17)9-13-22(27)24-15-16-25-23(28)14-12-21(26)20-10-5-18(2)6-11-20/h3-8,10-11H,9,12-16H2,1-2H3,(H,24,27)(H,25,28). The molecule has 0 aliphatic rings. The van der Waals surface area contributed by atoms with Crippen molar-refractivity contribution in [3.8, 4) is 0 Å². The molecule has 0 atom stereocenters. The minimum atomic E-state index is -0.186. The van der Waals surface area contributed by atoms with Gasteiger partial charge in [0, 0.05) is 37.9 Å². The molecular weight excluding hydrogens is 352 g/mol. The van der Waals surface area contributed by atoms with Gasteiger partial charge in [-0.2, -0.15) is 0 Å². The van der Waals surface area contributed by atoms with E-state index in [0.717, 1.165) is 11.1 Å². The van der Waals surface area contributed by atoms with Crippen molar-refractivity contribution in [3.63, 3.8) is 0 Å². The lowest BCUT2D eigenvalue weighted by molar-refractivity contribution is -0.122. The van der Waals surface area contributed by atoms with Crippen molar-refractivity contribution in [3.05, 3.63) is 70.8 Å². The van der Waals surface area contributed by atoms with Crippen molar-refractivity contribution >= 4 is 17.6 Å². The zero-order valence-corrected chi connectivity index (χ0v) is 16.6. The average Bonchev–Trinajstić information content (AvgIpc) is 2.69. The van der Waals surface area contributed by atoms with E-state index in [2.05, 4.69) is 10.6 Å². The Balaban J connectivity index is 1.56. The van der Waals surface area contributed by atoms with E-state index in [1.54, 1.807) is 12.1 Å². The summed E-state index contributed by atoms with van der Waals surface area (Å²) in [7, 11) is 0. The number of rotatable bonds is 10. The van der Waals surface area contributed by atoms with Gasteiger partial charge in [0.25, 0.3) is 0 Å². The summed E-state index contributed by atoms with van der Waals surface area (Å²) in [6.45, 7) is 4.73. The molecule has 0 heterocycles. The fraction of sp³-hybridized carbons (Fsp3) is 0.348. The number of carbonyl (C=O) groups is 3. The molecule has 0 unspecified atom stereocenters. The van der Waals surface area contributed by atoms with Crippen LogP contribution in [0.2, 0.25) is 0 Å². The first-order chi connectivity index (χ1) is 13.4. The number of amides is 2. The van der Waals surface area contributed by atoms with Gasteiger partial charge in [0.2, 0.25) is 11.8 Å². The van der Waals surface area contributed by atoms with Crippen LogP contribution in [-0.2, 0) is 16.0 Å². The fourth-order valence-electron chi connectivity index (χ4n) is 2.70. The lowest BCUT2D eigenvalue weighted by atomic mass is 10.1. The number of Topliss-reactive ketones (excluding diaryl/α,β-unsaturated/α-hetero) is 1. The number of ketones is 1. The minimum absolute atomic E-state index is 0.0376. The van der Waals surface area contributed by atoms with Crippen LogP contribution in [0.1, 0.15) is 46.3 Å².